The molecule has 0 aliphatic carbocycles. The predicted octanol–water partition coefficient (Wildman–Crippen LogP) is -0.261. The van der Waals surface area contributed by atoms with Crippen LogP contribution in [0.5, 0.6) is 0 Å². The molecule has 0 saturated heterocycles. The highest BCUT2D eigenvalue weighted by Gasteiger charge is 2.02. The molecular formula is C4H10NO2Si. The van der Waals surface area contributed by atoms with Gasteiger partial charge in [0.2, 0.25) is 0 Å². The van der Waals surface area contributed by atoms with Crippen LogP contribution in [0.2, 0.25) is 13.1 Å². The van der Waals surface area contributed by atoms with Crippen molar-refractivity contribution >= 4 is 15.0 Å². The molecule has 0 aromatic heterocycles. The van der Waals surface area contributed by atoms with E-state index in [1.54, 1.807) is 0 Å². The lowest BCUT2D eigenvalue weighted by Crippen LogP contribution is -2.22. The van der Waals surface area contributed by atoms with Crippen molar-refractivity contribution in [3.8, 4) is 0 Å². The number of nitrogens with two attached hydrogens (primary N) is 1. The number of hydrogen-bond acceptors (Lipinski definition) is 3. The molecule has 0 rings (SSSR count). The highest BCUT2D eigenvalue weighted by molar-refractivity contribution is 6.50. The van der Waals surface area contributed by atoms with Gasteiger partial charge >= 0.3 is 5.97 Å². The molecule has 0 fully saturated rings. The summed E-state index contributed by atoms with van der Waals surface area (Å²) in [6.45, 7) is 3.77. The highest BCUT2D eigenvalue weighted by atomic mass is 28.3. The van der Waals surface area contributed by atoms with Crippen LogP contribution in [-0.2, 0) is 9.22 Å². The van der Waals surface area contributed by atoms with Crippen LogP contribution in [-0.4, -0.2) is 21.6 Å². The van der Waals surface area contributed by atoms with Gasteiger partial charge in [0.15, 0.2) is 0 Å². The normalized spacial score (nSPS) is 9.50. The number of carbonyl (C=O) groups is 1. The zero-order chi connectivity index (χ0) is 6.57. The van der Waals surface area contributed by atoms with Crippen molar-refractivity contribution in [3.63, 3.8) is 0 Å². The van der Waals surface area contributed by atoms with Crippen LogP contribution in [0.3, 0.4) is 0 Å². The summed E-state index contributed by atoms with van der Waals surface area (Å²) in [6, 6.07) is 0. The van der Waals surface area contributed by atoms with Gasteiger partial charge in [0, 0.05) is 0 Å². The predicted molar refractivity (Wildman–Crippen MR) is 32.6 cm³/mol. The van der Waals surface area contributed by atoms with Crippen molar-refractivity contribution in [3.05, 3.63) is 0 Å². The molecule has 0 aliphatic heterocycles. The van der Waals surface area contributed by atoms with Crippen LogP contribution in [0.4, 0.5) is 0 Å². The first-order valence-corrected chi connectivity index (χ1v) is 4.78. The first-order chi connectivity index (χ1) is 3.66. The molecule has 0 aromatic rings. The van der Waals surface area contributed by atoms with E-state index in [2.05, 4.69) is 0 Å². The van der Waals surface area contributed by atoms with Gasteiger partial charge in [-0.25, -0.2) is 0 Å². The van der Waals surface area contributed by atoms with E-state index in [1.807, 2.05) is 13.1 Å². The van der Waals surface area contributed by atoms with Crippen molar-refractivity contribution in [2.45, 2.75) is 13.1 Å². The Kier molecular flexibility index (Phi) is 3.46. The average Bonchev–Trinajstić information content (AvgIpc) is 1.65. The van der Waals surface area contributed by atoms with Crippen LogP contribution in [0.15, 0.2) is 0 Å². The fourth-order valence-corrected chi connectivity index (χ4v) is 0.808. The van der Waals surface area contributed by atoms with Crippen LogP contribution in [0.1, 0.15) is 0 Å². The molecule has 0 heterocycles. The Labute approximate surface area is 50.6 Å². The molecule has 0 aliphatic rings. The van der Waals surface area contributed by atoms with Crippen molar-refractivity contribution in [1.82, 2.24) is 0 Å². The fraction of sp³-hybridized carbons (Fsp3) is 0.750. The number of hydrogen-bond donors (Lipinski definition) is 1. The zero-order valence-electron chi connectivity index (χ0n) is 5.10. The third-order valence-electron chi connectivity index (χ3n) is 0.485. The van der Waals surface area contributed by atoms with Crippen LogP contribution >= 0.6 is 0 Å². The maximum Gasteiger partial charge on any atom is 0.306 e. The molecule has 0 aromatic carbocycles. The summed E-state index contributed by atoms with van der Waals surface area (Å²) in [6.07, 6.45) is 0. The molecule has 0 bridgehead atoms. The van der Waals surface area contributed by atoms with Crippen LogP contribution in [0, 0.1) is 0 Å². The molecule has 2 N–H and O–H groups in total. The second kappa shape index (κ2) is 3.62. The molecule has 47 valence electrons. The maximum atomic E-state index is 10.3. The van der Waals surface area contributed by atoms with Gasteiger partial charge in [0.1, 0.15) is 0 Å². The van der Waals surface area contributed by atoms with E-state index in [0.717, 1.165) is 0 Å². The van der Waals surface area contributed by atoms with Gasteiger partial charge in [-0.05, 0) is 13.1 Å². The summed E-state index contributed by atoms with van der Waals surface area (Å²) in [5.74, 6) is -0.302. The van der Waals surface area contributed by atoms with E-state index >= 15 is 0 Å². The van der Waals surface area contributed by atoms with Crippen LogP contribution in [0.25, 0.3) is 0 Å². The fourth-order valence-electron chi connectivity index (χ4n) is 0.269. The molecule has 0 atom stereocenters. The second-order valence-corrected chi connectivity index (χ2v) is 3.61. The first-order valence-electron chi connectivity index (χ1n) is 2.37. The van der Waals surface area contributed by atoms with Crippen molar-refractivity contribution in [2.75, 3.05) is 6.54 Å². The number of rotatable bonds is 2. The lowest BCUT2D eigenvalue weighted by molar-refractivity contribution is -0.133. The minimum absolute atomic E-state index is 0.00412. The lowest BCUT2D eigenvalue weighted by atomic mass is 10.7. The molecule has 8 heavy (non-hydrogen) atoms. The molecule has 1 radical (unpaired) electrons. The molecular weight excluding hydrogens is 122 g/mol. The average molecular weight is 132 g/mol. The maximum absolute atomic E-state index is 10.3. The SMILES string of the molecule is C[Si](C)OC(=O)CN. The van der Waals surface area contributed by atoms with E-state index in [-0.39, 0.29) is 12.5 Å². The van der Waals surface area contributed by atoms with Crippen molar-refractivity contribution in [1.29, 1.82) is 0 Å². The Morgan fingerprint density at radius 3 is 2.38 bits per heavy atom. The van der Waals surface area contributed by atoms with Gasteiger partial charge in [0.25, 0.3) is 9.04 Å². The van der Waals surface area contributed by atoms with Crippen molar-refractivity contribution < 1.29 is 9.22 Å². The van der Waals surface area contributed by atoms with Gasteiger partial charge < -0.3 is 10.2 Å². The van der Waals surface area contributed by atoms with Gasteiger partial charge in [0.05, 0.1) is 6.54 Å². The Morgan fingerprint density at radius 2 is 2.25 bits per heavy atom. The zero-order valence-corrected chi connectivity index (χ0v) is 6.10. The first kappa shape index (κ1) is 7.65. The van der Waals surface area contributed by atoms with Crippen LogP contribution < -0.4 is 5.73 Å². The third kappa shape index (κ3) is 3.82. The van der Waals surface area contributed by atoms with Crippen molar-refractivity contribution in [2.24, 2.45) is 5.73 Å². The smallest absolute Gasteiger partial charge is 0.306 e. The Bertz CT molecular complexity index is 84.1. The lowest BCUT2D eigenvalue weighted by Gasteiger charge is -2.02. The molecule has 0 amide bonds. The highest BCUT2D eigenvalue weighted by Crippen LogP contribution is 1.81. The van der Waals surface area contributed by atoms with E-state index in [0.29, 0.717) is 0 Å². The summed E-state index contributed by atoms with van der Waals surface area (Å²) in [5, 5.41) is 0. The van der Waals surface area contributed by atoms with E-state index < -0.39 is 9.04 Å². The summed E-state index contributed by atoms with van der Waals surface area (Å²) in [5.41, 5.74) is 4.96. The summed E-state index contributed by atoms with van der Waals surface area (Å²) in [7, 11) is -0.875. The standard InChI is InChI=1S/C4H10NO2Si/c1-8(2)7-4(6)3-5/h3,5H2,1-2H3. The molecule has 0 saturated carbocycles. The second-order valence-electron chi connectivity index (χ2n) is 1.59. The van der Waals surface area contributed by atoms with Gasteiger partial charge in [-0.2, -0.15) is 0 Å². The van der Waals surface area contributed by atoms with E-state index in [4.69, 9.17) is 10.2 Å². The molecule has 0 unspecified atom stereocenters. The van der Waals surface area contributed by atoms with E-state index in [9.17, 15) is 4.79 Å². The molecule has 3 nitrogen and oxygen atoms in total. The number of carbonyl (C=O) groups excluding carboxylic acids is 1. The molecule has 4 heteroatoms. The quantitative estimate of drug-likeness (QED) is 0.527. The summed E-state index contributed by atoms with van der Waals surface area (Å²) in [4.78, 5) is 10.3. The minimum Gasteiger partial charge on any atom is -0.517 e. The third-order valence-corrected chi connectivity index (χ3v) is 1.12. The van der Waals surface area contributed by atoms with Gasteiger partial charge in [-0.3, -0.25) is 4.79 Å². The van der Waals surface area contributed by atoms with Gasteiger partial charge in [-0.1, -0.05) is 0 Å². The van der Waals surface area contributed by atoms with E-state index in [1.165, 1.54) is 0 Å². The Morgan fingerprint density at radius 1 is 1.75 bits per heavy atom. The summed E-state index contributed by atoms with van der Waals surface area (Å²) < 4.78 is 4.74. The Balaban J connectivity index is 3.25. The largest absolute Gasteiger partial charge is 0.517 e. The minimum atomic E-state index is -0.875. The Hall–Kier alpha value is -0.353. The topological polar surface area (TPSA) is 52.3 Å². The summed E-state index contributed by atoms with van der Waals surface area (Å²) >= 11 is 0. The monoisotopic (exact) mass is 132 g/mol. The molecule has 0 spiro atoms. The van der Waals surface area contributed by atoms with Gasteiger partial charge in [-0.15, -0.1) is 0 Å².